The normalized spacial score (nSPS) is 8.12. The van der Waals surface area contributed by atoms with Crippen LogP contribution in [-0.2, 0) is 38.7 Å². The minimum absolute atomic E-state index is 0. The van der Waals surface area contributed by atoms with Gasteiger partial charge in [0.05, 0.1) is 0 Å². The van der Waals surface area contributed by atoms with Gasteiger partial charge in [-0.05, 0) is 0 Å². The zero-order valence-corrected chi connectivity index (χ0v) is 13.0. The van der Waals surface area contributed by atoms with Gasteiger partial charge in [-0.1, -0.05) is 13.8 Å². The molecule has 0 aromatic heterocycles. The third-order valence-corrected chi connectivity index (χ3v) is 1.47. The Morgan fingerprint density at radius 3 is 1.06 bits per heavy atom. The molecule has 0 N–H and O–H groups in total. The largest absolute Gasteiger partial charge is 2.00 e. The van der Waals surface area contributed by atoms with E-state index in [2.05, 4.69) is 0 Å². The summed E-state index contributed by atoms with van der Waals surface area (Å²) in [5.41, 5.74) is 0. The molecule has 0 rings (SSSR count). The van der Waals surface area contributed by atoms with Crippen molar-refractivity contribution in [1.29, 1.82) is 0 Å². The maximum Gasteiger partial charge on any atom is 2.00 e. The molecule has 0 spiro atoms. The summed E-state index contributed by atoms with van der Waals surface area (Å²) in [6.07, 6.45) is -0.352. The van der Waals surface area contributed by atoms with E-state index in [9.17, 15) is 29.4 Å². The van der Waals surface area contributed by atoms with Crippen LogP contribution in [0.1, 0.15) is 39.5 Å². The van der Waals surface area contributed by atoms with Crippen molar-refractivity contribution in [1.82, 2.24) is 0 Å². The Labute approximate surface area is 112 Å². The molecule has 0 aliphatic rings. The van der Waals surface area contributed by atoms with Gasteiger partial charge in [0.1, 0.15) is 11.6 Å². The van der Waals surface area contributed by atoms with E-state index in [0.717, 1.165) is 0 Å². The van der Waals surface area contributed by atoms with Crippen LogP contribution in [-0.4, -0.2) is 23.5 Å². The number of carboxylic acids is 2. The predicted molar refractivity (Wildman–Crippen MR) is 49.8 cm³/mol. The number of hydrogen-bond acceptors (Lipinski definition) is 6. The van der Waals surface area contributed by atoms with Crippen LogP contribution in [0.5, 0.6) is 0 Å². The van der Waals surface area contributed by atoms with E-state index in [4.69, 9.17) is 0 Å². The molecule has 0 radical (unpaired) electrons. The number of carbonyl (C=O) groups excluding carboxylic acids is 4. The number of carboxylic acid groups (broad SMARTS) is 2. The molecule has 0 atom stereocenters. The van der Waals surface area contributed by atoms with Crippen molar-refractivity contribution in [2.24, 2.45) is 0 Å². The first-order valence-electron chi connectivity index (χ1n) is 4.76. The molecule has 92 valence electrons. The SMILES string of the molecule is CCC(=O)CC(=O)[O-].CCC(=O)CC(=O)[O-].[Zn+2]. The van der Waals surface area contributed by atoms with Gasteiger partial charge in [-0.2, -0.15) is 0 Å². The summed E-state index contributed by atoms with van der Waals surface area (Å²) in [6.45, 7) is 3.23. The van der Waals surface area contributed by atoms with Crippen LogP contribution in [0, 0.1) is 0 Å². The van der Waals surface area contributed by atoms with Crippen LogP contribution in [0.25, 0.3) is 0 Å². The number of Topliss-reactive ketones (excluding diaryl/α,β-unsaturated/α-hetero) is 2. The first kappa shape index (κ1) is 21.2. The molecule has 0 saturated carbocycles. The van der Waals surface area contributed by atoms with Crippen LogP contribution in [0.15, 0.2) is 0 Å². The van der Waals surface area contributed by atoms with Gasteiger partial charge in [0, 0.05) is 37.6 Å². The standard InChI is InChI=1S/2C5H8O3.Zn/c2*1-2-4(6)3-5(7)8;/h2*2-3H2,1H3,(H,7,8);/q;;+2/p-2. The molecule has 0 aromatic carbocycles. The fourth-order valence-corrected chi connectivity index (χ4v) is 0.572. The Bertz CT molecular complexity index is 246. The van der Waals surface area contributed by atoms with Gasteiger partial charge in [-0.3, -0.25) is 9.59 Å². The molecule has 0 aliphatic heterocycles. The average Bonchev–Trinajstić information content (AvgIpc) is 2.16. The van der Waals surface area contributed by atoms with Crippen molar-refractivity contribution in [2.75, 3.05) is 0 Å². The zero-order chi connectivity index (χ0) is 13.1. The number of rotatable bonds is 6. The molecular formula is C10H14O6Zn. The molecule has 0 heterocycles. The summed E-state index contributed by atoms with van der Waals surface area (Å²) in [6, 6.07) is 0. The molecule has 6 nitrogen and oxygen atoms in total. The van der Waals surface area contributed by atoms with Crippen LogP contribution in [0.4, 0.5) is 0 Å². The Balaban J connectivity index is -0.000000218. The third-order valence-electron chi connectivity index (χ3n) is 1.47. The third kappa shape index (κ3) is 20.9. The van der Waals surface area contributed by atoms with Crippen molar-refractivity contribution in [3.8, 4) is 0 Å². The quantitative estimate of drug-likeness (QED) is 0.422. The van der Waals surface area contributed by atoms with Crippen LogP contribution in [0.2, 0.25) is 0 Å². The van der Waals surface area contributed by atoms with Crippen LogP contribution < -0.4 is 10.2 Å². The summed E-state index contributed by atoms with van der Waals surface area (Å²) in [5.74, 6) is -3.16. The molecule has 17 heavy (non-hydrogen) atoms. The summed E-state index contributed by atoms with van der Waals surface area (Å²) >= 11 is 0. The van der Waals surface area contributed by atoms with Crippen molar-refractivity contribution in [3.63, 3.8) is 0 Å². The Morgan fingerprint density at radius 1 is 0.765 bits per heavy atom. The monoisotopic (exact) mass is 294 g/mol. The van der Waals surface area contributed by atoms with Crippen molar-refractivity contribution in [2.45, 2.75) is 39.5 Å². The molecule has 7 heteroatoms. The number of ketones is 2. The number of aliphatic carboxylic acids is 2. The van der Waals surface area contributed by atoms with Crippen LogP contribution >= 0.6 is 0 Å². The van der Waals surface area contributed by atoms with Crippen molar-refractivity contribution >= 4 is 23.5 Å². The number of hydrogen-bond donors (Lipinski definition) is 0. The van der Waals surface area contributed by atoms with E-state index in [1.165, 1.54) is 0 Å². The van der Waals surface area contributed by atoms with Gasteiger partial charge in [-0.25, -0.2) is 0 Å². The average molecular weight is 296 g/mol. The summed E-state index contributed by atoms with van der Waals surface area (Å²) in [4.78, 5) is 39.7. The maximum absolute atomic E-state index is 10.2. The van der Waals surface area contributed by atoms with Gasteiger partial charge in [0.25, 0.3) is 0 Å². The summed E-state index contributed by atoms with van der Waals surface area (Å²) < 4.78 is 0. The van der Waals surface area contributed by atoms with E-state index in [0.29, 0.717) is 0 Å². The van der Waals surface area contributed by atoms with Gasteiger partial charge in [0.2, 0.25) is 0 Å². The molecule has 0 fully saturated rings. The topological polar surface area (TPSA) is 114 Å². The van der Waals surface area contributed by atoms with Gasteiger partial charge in [-0.15, -0.1) is 0 Å². The molecule has 0 aromatic rings. The predicted octanol–water partition coefficient (Wildman–Crippen LogP) is -1.79. The van der Waals surface area contributed by atoms with Gasteiger partial charge >= 0.3 is 19.5 Å². The zero-order valence-electron chi connectivity index (χ0n) is 9.99. The minimum atomic E-state index is -1.29. The van der Waals surface area contributed by atoms with Crippen molar-refractivity contribution in [3.05, 3.63) is 0 Å². The van der Waals surface area contributed by atoms with E-state index in [-0.39, 0.29) is 43.9 Å². The smallest absolute Gasteiger partial charge is 0.550 e. The molecule has 0 bridgehead atoms. The Kier molecular flexibility index (Phi) is 16.2. The summed E-state index contributed by atoms with van der Waals surface area (Å²) in [5, 5.41) is 19.3. The fraction of sp³-hybridized carbons (Fsp3) is 0.600. The van der Waals surface area contributed by atoms with E-state index in [1.54, 1.807) is 13.8 Å². The first-order valence-corrected chi connectivity index (χ1v) is 4.76. The second-order valence-electron chi connectivity index (χ2n) is 2.88. The van der Waals surface area contributed by atoms with Crippen molar-refractivity contribution < 1.29 is 48.9 Å². The molecule has 0 saturated heterocycles. The van der Waals surface area contributed by atoms with Gasteiger partial charge in [0.15, 0.2) is 0 Å². The minimum Gasteiger partial charge on any atom is -0.550 e. The van der Waals surface area contributed by atoms with E-state index < -0.39 is 24.8 Å². The van der Waals surface area contributed by atoms with E-state index >= 15 is 0 Å². The fourth-order valence-electron chi connectivity index (χ4n) is 0.572. The van der Waals surface area contributed by atoms with E-state index in [1.807, 2.05) is 0 Å². The van der Waals surface area contributed by atoms with Gasteiger partial charge < -0.3 is 19.8 Å². The molecule has 0 unspecified atom stereocenters. The summed E-state index contributed by atoms with van der Waals surface area (Å²) in [7, 11) is 0. The maximum atomic E-state index is 10.2. The Hall–Kier alpha value is -1.10. The number of carbonyl (C=O) groups is 4. The molecule has 0 aliphatic carbocycles. The van der Waals surface area contributed by atoms with Crippen LogP contribution in [0.3, 0.4) is 0 Å². The second-order valence-corrected chi connectivity index (χ2v) is 2.88. The second kappa shape index (κ2) is 13.0. The first-order chi connectivity index (χ1) is 7.33. The Morgan fingerprint density at radius 2 is 1.00 bits per heavy atom. The molecular weight excluding hydrogens is 281 g/mol. The molecule has 0 amide bonds.